The largest absolute Gasteiger partial charge is 0.315 e. The van der Waals surface area contributed by atoms with Gasteiger partial charge in [-0.15, -0.1) is 0 Å². The first-order valence-corrected chi connectivity index (χ1v) is 8.21. The summed E-state index contributed by atoms with van der Waals surface area (Å²) in [5.74, 6) is 4.71. The van der Waals surface area contributed by atoms with Gasteiger partial charge in [0, 0.05) is 24.1 Å². The average Bonchev–Trinajstić information content (AvgIpc) is 2.28. The summed E-state index contributed by atoms with van der Waals surface area (Å²) in [4.78, 5) is 0. The first kappa shape index (κ1) is 10.3. The van der Waals surface area contributed by atoms with Gasteiger partial charge in [0.05, 0.1) is 0 Å². The monoisotopic (exact) mass is 237 g/mol. The fourth-order valence-electron chi connectivity index (χ4n) is 5.53. The van der Waals surface area contributed by atoms with Gasteiger partial charge in [-0.1, -0.05) is 0 Å². The van der Waals surface area contributed by atoms with E-state index in [2.05, 4.69) is 17.1 Å². The molecular formula is C14H23NS. The fourth-order valence-corrected chi connectivity index (χ4v) is 6.96. The van der Waals surface area contributed by atoms with Crippen molar-refractivity contribution in [2.24, 2.45) is 23.2 Å². The van der Waals surface area contributed by atoms with Gasteiger partial charge in [0.1, 0.15) is 0 Å². The lowest BCUT2D eigenvalue weighted by atomic mass is 9.48. The second kappa shape index (κ2) is 3.65. The Morgan fingerprint density at radius 3 is 2.06 bits per heavy atom. The van der Waals surface area contributed by atoms with Crippen molar-refractivity contribution < 1.29 is 0 Å². The number of hydrogen-bond acceptors (Lipinski definition) is 2. The van der Waals surface area contributed by atoms with Crippen LogP contribution in [0.2, 0.25) is 0 Å². The van der Waals surface area contributed by atoms with Gasteiger partial charge in [-0.2, -0.15) is 11.8 Å². The Balaban J connectivity index is 1.60. The van der Waals surface area contributed by atoms with Crippen LogP contribution < -0.4 is 5.32 Å². The average molecular weight is 237 g/mol. The van der Waals surface area contributed by atoms with Gasteiger partial charge in [0.15, 0.2) is 0 Å². The Morgan fingerprint density at radius 2 is 1.56 bits per heavy atom. The predicted octanol–water partition coefficient (Wildman–Crippen LogP) is 2.91. The zero-order valence-electron chi connectivity index (χ0n) is 10.1. The number of thioether (sulfide) groups is 1. The van der Waals surface area contributed by atoms with Crippen LogP contribution in [0.4, 0.5) is 0 Å². The molecule has 1 saturated heterocycles. The smallest absolute Gasteiger partial charge is 0.0229 e. The van der Waals surface area contributed by atoms with Crippen molar-refractivity contribution in [1.29, 1.82) is 0 Å². The molecule has 2 heteroatoms. The Morgan fingerprint density at radius 1 is 0.938 bits per heavy atom. The molecule has 0 aromatic rings. The quantitative estimate of drug-likeness (QED) is 0.752. The highest BCUT2D eigenvalue weighted by Crippen LogP contribution is 2.63. The molecule has 0 aromatic heterocycles. The molecule has 1 heterocycles. The number of nitrogens with one attached hydrogen (secondary N) is 1. The van der Waals surface area contributed by atoms with Crippen LogP contribution in [-0.4, -0.2) is 24.1 Å². The summed E-state index contributed by atoms with van der Waals surface area (Å²) < 4.78 is 0. The van der Waals surface area contributed by atoms with Crippen molar-refractivity contribution >= 4 is 11.8 Å². The van der Waals surface area contributed by atoms with Crippen molar-refractivity contribution in [3.63, 3.8) is 0 Å². The molecule has 5 fully saturated rings. The molecule has 0 aromatic carbocycles. The molecule has 0 radical (unpaired) electrons. The van der Waals surface area contributed by atoms with E-state index < -0.39 is 0 Å². The minimum atomic E-state index is 0.771. The van der Waals surface area contributed by atoms with E-state index in [1.807, 2.05) is 0 Å². The SMILES string of the molecule is C1CSC(C23CC4CC(CC(C4)C2)C3)CN1. The van der Waals surface area contributed by atoms with Crippen LogP contribution in [0.1, 0.15) is 38.5 Å². The van der Waals surface area contributed by atoms with Crippen LogP contribution in [0.25, 0.3) is 0 Å². The fraction of sp³-hybridized carbons (Fsp3) is 1.00. The molecular weight excluding hydrogens is 214 g/mol. The molecule has 5 aliphatic rings. The molecule has 0 amide bonds. The summed E-state index contributed by atoms with van der Waals surface area (Å²) in [5, 5.41) is 4.59. The minimum absolute atomic E-state index is 0.771. The summed E-state index contributed by atoms with van der Waals surface area (Å²) in [7, 11) is 0. The van der Waals surface area contributed by atoms with E-state index in [0.29, 0.717) is 0 Å². The zero-order chi connectivity index (χ0) is 10.6. The van der Waals surface area contributed by atoms with Gasteiger partial charge in [0.25, 0.3) is 0 Å². The molecule has 1 aliphatic heterocycles. The van der Waals surface area contributed by atoms with E-state index in [-0.39, 0.29) is 0 Å². The van der Waals surface area contributed by atoms with E-state index in [4.69, 9.17) is 0 Å². The maximum absolute atomic E-state index is 3.64. The normalized spacial score (nSPS) is 55.5. The van der Waals surface area contributed by atoms with E-state index >= 15 is 0 Å². The topological polar surface area (TPSA) is 12.0 Å². The van der Waals surface area contributed by atoms with E-state index in [0.717, 1.165) is 28.4 Å². The molecule has 1 nitrogen and oxygen atoms in total. The van der Waals surface area contributed by atoms with Crippen molar-refractivity contribution in [3.05, 3.63) is 0 Å². The van der Waals surface area contributed by atoms with Gasteiger partial charge in [-0.25, -0.2) is 0 Å². The second-order valence-corrected chi connectivity index (χ2v) is 8.15. The summed E-state index contributed by atoms with van der Waals surface area (Å²) in [5.41, 5.74) is 0.771. The zero-order valence-corrected chi connectivity index (χ0v) is 10.9. The summed E-state index contributed by atoms with van der Waals surface area (Å²) in [6.07, 6.45) is 9.51. The molecule has 0 spiro atoms. The highest BCUT2D eigenvalue weighted by molar-refractivity contribution is 8.00. The molecule has 1 unspecified atom stereocenters. The van der Waals surface area contributed by atoms with Crippen LogP contribution in [0.15, 0.2) is 0 Å². The third kappa shape index (κ3) is 1.49. The van der Waals surface area contributed by atoms with Gasteiger partial charge >= 0.3 is 0 Å². The molecule has 5 rings (SSSR count). The maximum atomic E-state index is 3.64. The molecule has 90 valence electrons. The second-order valence-electron chi connectivity index (χ2n) is 6.84. The lowest BCUT2D eigenvalue weighted by molar-refractivity contribution is -0.0533. The summed E-state index contributed by atoms with van der Waals surface area (Å²) in [6, 6.07) is 0. The number of rotatable bonds is 1. The van der Waals surface area contributed by atoms with Gasteiger partial charge in [-0.3, -0.25) is 0 Å². The highest BCUT2D eigenvalue weighted by Gasteiger charge is 2.54. The molecule has 1 N–H and O–H groups in total. The first-order valence-electron chi connectivity index (χ1n) is 7.16. The minimum Gasteiger partial charge on any atom is -0.315 e. The molecule has 4 aliphatic carbocycles. The van der Waals surface area contributed by atoms with Crippen LogP contribution in [0.5, 0.6) is 0 Å². The van der Waals surface area contributed by atoms with Crippen LogP contribution in [0.3, 0.4) is 0 Å². The van der Waals surface area contributed by atoms with Crippen molar-refractivity contribution in [3.8, 4) is 0 Å². The van der Waals surface area contributed by atoms with Gasteiger partial charge < -0.3 is 5.32 Å². The molecule has 16 heavy (non-hydrogen) atoms. The van der Waals surface area contributed by atoms with Crippen LogP contribution in [0, 0.1) is 23.2 Å². The summed E-state index contributed by atoms with van der Waals surface area (Å²) >= 11 is 2.29. The lowest BCUT2D eigenvalue weighted by Gasteiger charge is -2.60. The Bertz CT molecular complexity index is 247. The Kier molecular flexibility index (Phi) is 2.34. The van der Waals surface area contributed by atoms with E-state index in [1.54, 1.807) is 38.5 Å². The molecule has 1 atom stereocenters. The predicted molar refractivity (Wildman–Crippen MR) is 69.7 cm³/mol. The molecule has 4 saturated carbocycles. The van der Waals surface area contributed by atoms with Gasteiger partial charge in [-0.05, 0) is 61.7 Å². The van der Waals surface area contributed by atoms with E-state index in [1.165, 1.54) is 18.8 Å². The first-order chi connectivity index (χ1) is 7.84. The van der Waals surface area contributed by atoms with E-state index in [9.17, 15) is 0 Å². The Hall–Kier alpha value is 0.310. The van der Waals surface area contributed by atoms with Crippen molar-refractivity contribution in [2.75, 3.05) is 18.8 Å². The standard InChI is InChI=1S/C14H23NS/c1-2-16-13(9-15-1)14-6-10-3-11(7-14)5-12(4-10)8-14/h10-13,15H,1-9H2. The number of hydrogen-bond donors (Lipinski definition) is 1. The van der Waals surface area contributed by atoms with Crippen LogP contribution >= 0.6 is 11.8 Å². The highest BCUT2D eigenvalue weighted by atomic mass is 32.2. The van der Waals surface area contributed by atoms with Gasteiger partial charge in [0.2, 0.25) is 0 Å². The third-order valence-electron chi connectivity index (χ3n) is 5.70. The molecule has 4 bridgehead atoms. The third-order valence-corrected chi connectivity index (χ3v) is 7.21. The summed E-state index contributed by atoms with van der Waals surface area (Å²) in [6.45, 7) is 2.55. The van der Waals surface area contributed by atoms with Crippen molar-refractivity contribution in [1.82, 2.24) is 5.32 Å². The maximum Gasteiger partial charge on any atom is 0.0229 e. The van der Waals surface area contributed by atoms with Crippen molar-refractivity contribution in [2.45, 2.75) is 43.8 Å². The Labute approximate surface area is 103 Å². The van der Waals surface area contributed by atoms with Crippen LogP contribution in [-0.2, 0) is 0 Å². The lowest BCUT2D eigenvalue weighted by Crippen LogP contribution is -2.54.